The molecule has 112 valence electrons. The zero-order valence-corrected chi connectivity index (χ0v) is 12.1. The lowest BCUT2D eigenvalue weighted by atomic mass is 10.2. The second-order valence-electron chi connectivity index (χ2n) is 5.43. The molecule has 2 fully saturated rings. The van der Waals surface area contributed by atoms with Gasteiger partial charge in [-0.15, -0.1) is 0 Å². The van der Waals surface area contributed by atoms with Crippen LogP contribution in [0.2, 0.25) is 0 Å². The smallest absolute Gasteiger partial charge is 0.246 e. The lowest BCUT2D eigenvalue weighted by molar-refractivity contribution is -0.139. The molecule has 0 saturated carbocycles. The van der Waals surface area contributed by atoms with E-state index >= 15 is 0 Å². The summed E-state index contributed by atoms with van der Waals surface area (Å²) in [7, 11) is 0. The average Bonchev–Trinajstić information content (AvgIpc) is 3.03. The summed E-state index contributed by atoms with van der Waals surface area (Å²) >= 11 is 0. The Morgan fingerprint density at radius 1 is 1.30 bits per heavy atom. The Bertz CT molecular complexity index is 391. The van der Waals surface area contributed by atoms with E-state index < -0.39 is 6.04 Å². The van der Waals surface area contributed by atoms with Crippen molar-refractivity contribution in [2.24, 2.45) is 0 Å². The van der Waals surface area contributed by atoms with E-state index in [1.165, 1.54) is 4.90 Å². The van der Waals surface area contributed by atoms with Gasteiger partial charge in [-0.2, -0.15) is 0 Å². The van der Waals surface area contributed by atoms with Crippen LogP contribution in [-0.2, 0) is 14.4 Å². The van der Waals surface area contributed by atoms with Crippen LogP contribution in [-0.4, -0.2) is 59.7 Å². The van der Waals surface area contributed by atoms with E-state index in [-0.39, 0.29) is 24.1 Å². The van der Waals surface area contributed by atoms with Crippen molar-refractivity contribution in [3.8, 4) is 0 Å². The van der Waals surface area contributed by atoms with Crippen LogP contribution in [0.15, 0.2) is 0 Å². The SMILES string of the molecule is CCCN1C(=O)CC(NCCC(=O)N2CCCC2)C1=O. The standard InChI is InChI=1S/C14H23N3O3/c1-2-7-17-13(19)10-11(14(17)20)15-6-5-12(18)16-8-3-4-9-16/h11,15H,2-10H2,1H3. The van der Waals surface area contributed by atoms with Crippen molar-refractivity contribution in [3.05, 3.63) is 0 Å². The van der Waals surface area contributed by atoms with Gasteiger partial charge in [-0.05, 0) is 19.3 Å². The molecular weight excluding hydrogens is 258 g/mol. The summed E-state index contributed by atoms with van der Waals surface area (Å²) in [5.74, 6) is -0.122. The number of rotatable bonds is 6. The first-order valence-corrected chi connectivity index (χ1v) is 7.49. The van der Waals surface area contributed by atoms with E-state index in [4.69, 9.17) is 0 Å². The first-order valence-electron chi connectivity index (χ1n) is 7.49. The molecule has 0 aromatic heterocycles. The lowest BCUT2D eigenvalue weighted by Gasteiger charge is -2.17. The highest BCUT2D eigenvalue weighted by Crippen LogP contribution is 2.14. The van der Waals surface area contributed by atoms with Gasteiger partial charge in [0.2, 0.25) is 17.7 Å². The molecule has 2 heterocycles. The van der Waals surface area contributed by atoms with Crippen molar-refractivity contribution < 1.29 is 14.4 Å². The third-order valence-electron chi connectivity index (χ3n) is 3.88. The number of nitrogens with zero attached hydrogens (tertiary/aromatic N) is 2. The number of likely N-dealkylation sites (tertiary alicyclic amines) is 2. The number of imide groups is 1. The van der Waals surface area contributed by atoms with Crippen LogP contribution in [0.4, 0.5) is 0 Å². The normalized spacial score (nSPS) is 22.9. The van der Waals surface area contributed by atoms with E-state index in [2.05, 4.69) is 5.32 Å². The fourth-order valence-electron chi connectivity index (χ4n) is 2.78. The molecule has 0 bridgehead atoms. The maximum Gasteiger partial charge on any atom is 0.246 e. The van der Waals surface area contributed by atoms with Gasteiger partial charge >= 0.3 is 0 Å². The lowest BCUT2D eigenvalue weighted by Crippen LogP contribution is -2.40. The number of hydrogen-bond acceptors (Lipinski definition) is 4. The van der Waals surface area contributed by atoms with Gasteiger partial charge in [-0.3, -0.25) is 19.3 Å². The third-order valence-corrected chi connectivity index (χ3v) is 3.88. The van der Waals surface area contributed by atoms with Crippen LogP contribution in [0.25, 0.3) is 0 Å². The molecule has 2 aliphatic rings. The quantitative estimate of drug-likeness (QED) is 0.702. The van der Waals surface area contributed by atoms with Gasteiger partial charge in [0, 0.05) is 32.6 Å². The highest BCUT2D eigenvalue weighted by atomic mass is 16.2. The summed E-state index contributed by atoms with van der Waals surface area (Å²) in [5, 5.41) is 3.05. The molecule has 2 saturated heterocycles. The first-order chi connectivity index (χ1) is 9.63. The molecule has 6 nitrogen and oxygen atoms in total. The molecule has 0 aromatic rings. The van der Waals surface area contributed by atoms with Crippen molar-refractivity contribution in [1.29, 1.82) is 0 Å². The zero-order valence-electron chi connectivity index (χ0n) is 12.1. The minimum atomic E-state index is -0.444. The van der Waals surface area contributed by atoms with Crippen molar-refractivity contribution >= 4 is 17.7 Å². The molecule has 1 unspecified atom stereocenters. The maximum absolute atomic E-state index is 12.0. The van der Waals surface area contributed by atoms with Crippen LogP contribution in [0.1, 0.15) is 39.0 Å². The van der Waals surface area contributed by atoms with Gasteiger partial charge in [-0.25, -0.2) is 0 Å². The average molecular weight is 281 g/mol. The molecular formula is C14H23N3O3. The molecule has 0 radical (unpaired) electrons. The van der Waals surface area contributed by atoms with Crippen LogP contribution in [0, 0.1) is 0 Å². The van der Waals surface area contributed by atoms with Crippen LogP contribution in [0.3, 0.4) is 0 Å². The monoisotopic (exact) mass is 281 g/mol. The third kappa shape index (κ3) is 3.36. The van der Waals surface area contributed by atoms with Crippen molar-refractivity contribution in [1.82, 2.24) is 15.1 Å². The topological polar surface area (TPSA) is 69.7 Å². The van der Waals surface area contributed by atoms with Gasteiger partial charge in [0.15, 0.2) is 0 Å². The van der Waals surface area contributed by atoms with Gasteiger partial charge in [-0.1, -0.05) is 6.92 Å². The van der Waals surface area contributed by atoms with E-state index in [1.54, 1.807) is 0 Å². The Kier molecular flexibility index (Phi) is 5.11. The minimum absolute atomic E-state index is 0.111. The van der Waals surface area contributed by atoms with E-state index in [1.807, 2.05) is 11.8 Å². The molecule has 20 heavy (non-hydrogen) atoms. The Hall–Kier alpha value is -1.43. The molecule has 3 amide bonds. The van der Waals surface area contributed by atoms with Gasteiger partial charge in [0.1, 0.15) is 0 Å². The first kappa shape index (κ1) is 15.0. The molecule has 0 aliphatic carbocycles. The summed E-state index contributed by atoms with van der Waals surface area (Å²) in [4.78, 5) is 38.7. The van der Waals surface area contributed by atoms with E-state index in [0.717, 1.165) is 32.4 Å². The van der Waals surface area contributed by atoms with Crippen LogP contribution in [0.5, 0.6) is 0 Å². The Morgan fingerprint density at radius 3 is 2.65 bits per heavy atom. The minimum Gasteiger partial charge on any atom is -0.343 e. The Labute approximate surface area is 119 Å². The van der Waals surface area contributed by atoms with Gasteiger partial charge in [0.25, 0.3) is 0 Å². The van der Waals surface area contributed by atoms with E-state index in [0.29, 0.717) is 19.5 Å². The second-order valence-corrected chi connectivity index (χ2v) is 5.43. The maximum atomic E-state index is 12.0. The predicted molar refractivity (Wildman–Crippen MR) is 73.8 cm³/mol. The highest BCUT2D eigenvalue weighted by Gasteiger charge is 2.37. The highest BCUT2D eigenvalue weighted by molar-refractivity contribution is 6.05. The van der Waals surface area contributed by atoms with Crippen molar-refractivity contribution in [2.75, 3.05) is 26.2 Å². The fraction of sp³-hybridized carbons (Fsp3) is 0.786. The number of amides is 3. The Balaban J connectivity index is 1.73. The predicted octanol–water partition coefficient (Wildman–Crippen LogP) is 0.126. The molecule has 2 rings (SSSR count). The molecule has 0 spiro atoms. The zero-order chi connectivity index (χ0) is 14.5. The summed E-state index contributed by atoms with van der Waals surface area (Å²) in [6, 6.07) is -0.444. The molecule has 6 heteroatoms. The summed E-state index contributed by atoms with van der Waals surface area (Å²) in [5.41, 5.74) is 0. The van der Waals surface area contributed by atoms with Crippen molar-refractivity contribution in [3.63, 3.8) is 0 Å². The molecule has 1 N–H and O–H groups in total. The Morgan fingerprint density at radius 2 is 2.00 bits per heavy atom. The van der Waals surface area contributed by atoms with Gasteiger partial charge in [0.05, 0.1) is 12.5 Å². The fourth-order valence-corrected chi connectivity index (χ4v) is 2.78. The van der Waals surface area contributed by atoms with Gasteiger partial charge < -0.3 is 10.2 Å². The summed E-state index contributed by atoms with van der Waals surface area (Å²) in [6.45, 7) is 4.59. The van der Waals surface area contributed by atoms with E-state index in [9.17, 15) is 14.4 Å². The molecule has 2 aliphatic heterocycles. The molecule has 1 atom stereocenters. The number of carbonyl (C=O) groups is 3. The largest absolute Gasteiger partial charge is 0.343 e. The summed E-state index contributed by atoms with van der Waals surface area (Å²) < 4.78 is 0. The molecule has 0 aromatic carbocycles. The van der Waals surface area contributed by atoms with Crippen molar-refractivity contribution in [2.45, 2.75) is 45.1 Å². The number of nitrogens with one attached hydrogen (secondary N) is 1. The second kappa shape index (κ2) is 6.83. The summed E-state index contributed by atoms with van der Waals surface area (Å²) in [6.07, 6.45) is 3.56. The van der Waals surface area contributed by atoms with Crippen LogP contribution >= 0.6 is 0 Å². The number of carbonyl (C=O) groups excluding carboxylic acids is 3. The number of hydrogen-bond donors (Lipinski definition) is 1. The van der Waals surface area contributed by atoms with Crippen LogP contribution < -0.4 is 5.32 Å².